The molecule has 2 aliphatic rings. The number of anilines is 1. The van der Waals surface area contributed by atoms with E-state index in [1.807, 2.05) is 0 Å². The Bertz CT molecular complexity index is 1220. The van der Waals surface area contributed by atoms with Crippen molar-refractivity contribution >= 4 is 17.4 Å². The lowest BCUT2D eigenvalue weighted by Gasteiger charge is -2.25. The molecule has 0 aromatic heterocycles. The van der Waals surface area contributed by atoms with Crippen molar-refractivity contribution in [3.05, 3.63) is 101 Å². The zero-order valence-corrected chi connectivity index (χ0v) is 23.7. The van der Waals surface area contributed by atoms with Crippen LogP contribution < -0.4 is 15.5 Å². The van der Waals surface area contributed by atoms with Crippen LogP contribution in [-0.4, -0.2) is 44.4 Å². The molecule has 2 aliphatic heterocycles. The first-order valence-corrected chi connectivity index (χ1v) is 13.8. The van der Waals surface area contributed by atoms with Gasteiger partial charge in [-0.2, -0.15) is 0 Å². The summed E-state index contributed by atoms with van der Waals surface area (Å²) in [5, 5.41) is 6.71. The first-order valence-electron chi connectivity index (χ1n) is 13.8. The Labute approximate surface area is 229 Å². The van der Waals surface area contributed by atoms with E-state index in [1.54, 1.807) is 0 Å². The van der Waals surface area contributed by atoms with Crippen molar-refractivity contribution < 1.29 is 0 Å². The van der Waals surface area contributed by atoms with E-state index in [0.29, 0.717) is 0 Å². The monoisotopic (exact) mass is 509 g/mol. The minimum Gasteiger partial charge on any atom is -0.372 e. The average molecular weight is 510 g/mol. The highest BCUT2D eigenvalue weighted by molar-refractivity contribution is 5.88. The van der Waals surface area contributed by atoms with Crippen LogP contribution in [0.3, 0.4) is 0 Å². The van der Waals surface area contributed by atoms with E-state index in [0.717, 1.165) is 57.4 Å². The zero-order chi connectivity index (χ0) is 27.0. The van der Waals surface area contributed by atoms with Gasteiger partial charge in [0.05, 0.1) is 19.6 Å². The van der Waals surface area contributed by atoms with E-state index < -0.39 is 0 Å². The van der Waals surface area contributed by atoms with Gasteiger partial charge in [-0.15, -0.1) is 0 Å². The topological polar surface area (TPSA) is 52.0 Å². The molecule has 38 heavy (non-hydrogen) atoms. The Morgan fingerprint density at radius 2 is 1.29 bits per heavy atom. The van der Waals surface area contributed by atoms with Crippen LogP contribution in [0.5, 0.6) is 0 Å². The summed E-state index contributed by atoms with van der Waals surface area (Å²) in [4.78, 5) is 11.4. The lowest BCUT2D eigenvalue weighted by atomic mass is 9.83. The van der Waals surface area contributed by atoms with Gasteiger partial charge in [0.15, 0.2) is 0 Å². The summed E-state index contributed by atoms with van der Waals surface area (Å²) in [6.45, 7) is 16.7. The SMILES string of the molecule is Cc1cc(C(C)(C)C)cc(C)c1CC1=NCCN1.c1ccc(CN(CC2=NCCN2)c2ccccc2)cc1. The molecule has 0 amide bonds. The Morgan fingerprint density at radius 3 is 1.82 bits per heavy atom. The number of benzene rings is 3. The Kier molecular flexibility index (Phi) is 9.22. The van der Waals surface area contributed by atoms with Crippen LogP contribution in [0.1, 0.15) is 48.6 Å². The molecule has 0 atom stereocenters. The van der Waals surface area contributed by atoms with Crippen molar-refractivity contribution in [2.75, 3.05) is 37.6 Å². The van der Waals surface area contributed by atoms with Gasteiger partial charge in [-0.3, -0.25) is 9.98 Å². The molecular formula is C33H43N5. The quantitative estimate of drug-likeness (QED) is 0.421. The lowest BCUT2D eigenvalue weighted by Crippen LogP contribution is -2.34. The van der Waals surface area contributed by atoms with Gasteiger partial charge in [-0.05, 0) is 59.2 Å². The predicted molar refractivity (Wildman–Crippen MR) is 163 cm³/mol. The van der Waals surface area contributed by atoms with Gasteiger partial charge in [0, 0.05) is 31.7 Å². The number of rotatable bonds is 7. The minimum atomic E-state index is 0.219. The summed E-state index contributed by atoms with van der Waals surface area (Å²) in [5.74, 6) is 2.23. The van der Waals surface area contributed by atoms with Crippen molar-refractivity contribution in [3.8, 4) is 0 Å². The molecular weight excluding hydrogens is 466 g/mol. The van der Waals surface area contributed by atoms with Crippen LogP contribution in [-0.2, 0) is 18.4 Å². The number of nitrogens with one attached hydrogen (secondary N) is 2. The largest absolute Gasteiger partial charge is 0.372 e. The minimum absolute atomic E-state index is 0.219. The highest BCUT2D eigenvalue weighted by atomic mass is 15.2. The second-order valence-corrected chi connectivity index (χ2v) is 11.2. The van der Waals surface area contributed by atoms with Crippen LogP contribution in [0, 0.1) is 13.8 Å². The fraction of sp³-hybridized carbons (Fsp3) is 0.394. The van der Waals surface area contributed by atoms with Gasteiger partial charge in [0.2, 0.25) is 0 Å². The number of aryl methyl sites for hydroxylation is 2. The molecule has 0 saturated carbocycles. The van der Waals surface area contributed by atoms with Crippen LogP contribution in [0.4, 0.5) is 5.69 Å². The molecule has 0 aliphatic carbocycles. The molecule has 3 aromatic carbocycles. The van der Waals surface area contributed by atoms with Gasteiger partial charge >= 0.3 is 0 Å². The van der Waals surface area contributed by atoms with Crippen LogP contribution >= 0.6 is 0 Å². The van der Waals surface area contributed by atoms with E-state index in [9.17, 15) is 0 Å². The third-order valence-corrected chi connectivity index (χ3v) is 7.07. The third kappa shape index (κ3) is 7.70. The number of nitrogens with zero attached hydrogens (tertiary/aromatic N) is 3. The maximum absolute atomic E-state index is 4.51. The molecule has 0 spiro atoms. The van der Waals surface area contributed by atoms with Crippen molar-refractivity contribution in [1.29, 1.82) is 0 Å². The maximum atomic E-state index is 4.51. The fourth-order valence-corrected chi connectivity index (χ4v) is 4.85. The molecule has 0 fully saturated rings. The summed E-state index contributed by atoms with van der Waals surface area (Å²) in [7, 11) is 0. The molecule has 0 radical (unpaired) electrons. The summed E-state index contributed by atoms with van der Waals surface area (Å²) in [5.41, 5.74) is 8.38. The highest BCUT2D eigenvalue weighted by Gasteiger charge is 2.17. The molecule has 5 nitrogen and oxygen atoms in total. The average Bonchev–Trinajstić information content (AvgIpc) is 3.61. The molecule has 5 heteroatoms. The Hall–Kier alpha value is -3.60. The highest BCUT2D eigenvalue weighted by Crippen LogP contribution is 2.27. The van der Waals surface area contributed by atoms with E-state index in [4.69, 9.17) is 0 Å². The van der Waals surface area contributed by atoms with E-state index in [1.165, 1.54) is 33.5 Å². The van der Waals surface area contributed by atoms with E-state index >= 15 is 0 Å². The number of hydrogen-bond acceptors (Lipinski definition) is 5. The van der Waals surface area contributed by atoms with Gasteiger partial charge in [0.1, 0.15) is 11.7 Å². The van der Waals surface area contributed by atoms with Crippen LogP contribution in [0.2, 0.25) is 0 Å². The third-order valence-electron chi connectivity index (χ3n) is 7.07. The van der Waals surface area contributed by atoms with Crippen molar-refractivity contribution in [1.82, 2.24) is 10.6 Å². The molecule has 0 unspecified atom stereocenters. The second kappa shape index (κ2) is 12.8. The first kappa shape index (κ1) is 27.4. The molecule has 200 valence electrons. The maximum Gasteiger partial charge on any atom is 0.116 e. The van der Waals surface area contributed by atoms with E-state index in [-0.39, 0.29) is 5.41 Å². The number of para-hydroxylation sites is 1. The van der Waals surface area contributed by atoms with E-state index in [2.05, 4.69) is 133 Å². The van der Waals surface area contributed by atoms with Crippen molar-refractivity contribution in [2.24, 2.45) is 9.98 Å². The second-order valence-electron chi connectivity index (χ2n) is 11.2. The molecule has 0 bridgehead atoms. The van der Waals surface area contributed by atoms with Gasteiger partial charge < -0.3 is 15.5 Å². The number of hydrogen-bond donors (Lipinski definition) is 2. The fourth-order valence-electron chi connectivity index (χ4n) is 4.85. The Balaban J connectivity index is 0.000000178. The Morgan fingerprint density at radius 1 is 0.737 bits per heavy atom. The summed E-state index contributed by atoms with van der Waals surface area (Å²) < 4.78 is 0. The van der Waals surface area contributed by atoms with Gasteiger partial charge in [-0.25, -0.2) is 0 Å². The zero-order valence-electron chi connectivity index (χ0n) is 23.7. The predicted octanol–water partition coefficient (Wildman–Crippen LogP) is 5.84. The van der Waals surface area contributed by atoms with Crippen molar-refractivity contribution in [3.63, 3.8) is 0 Å². The standard InChI is InChI=1S/C17H19N3.C16H24N2/c1-3-7-15(8-4-1)13-20(14-17-18-11-12-19-17)16-9-5-2-6-10-16;1-11-8-13(16(3,4)5)9-12(2)14(11)10-15-17-6-7-18-15/h1-10H,11-14H2,(H,18,19);8-9H,6-7,10H2,1-5H3,(H,17,18). The summed E-state index contributed by atoms with van der Waals surface area (Å²) >= 11 is 0. The molecule has 2 heterocycles. The first-order chi connectivity index (χ1) is 18.3. The summed E-state index contributed by atoms with van der Waals surface area (Å²) in [6, 6.07) is 25.7. The molecule has 3 aromatic rings. The number of aliphatic imine (C=N–C) groups is 2. The summed E-state index contributed by atoms with van der Waals surface area (Å²) in [6.07, 6.45) is 0.947. The number of amidine groups is 2. The molecule has 2 N–H and O–H groups in total. The molecule has 5 rings (SSSR count). The lowest BCUT2D eigenvalue weighted by molar-refractivity contribution is 0.589. The smallest absolute Gasteiger partial charge is 0.116 e. The van der Waals surface area contributed by atoms with Gasteiger partial charge in [0.25, 0.3) is 0 Å². The van der Waals surface area contributed by atoms with Gasteiger partial charge in [-0.1, -0.05) is 81.4 Å². The van der Waals surface area contributed by atoms with Crippen LogP contribution in [0.15, 0.2) is 82.8 Å². The van der Waals surface area contributed by atoms with Crippen LogP contribution in [0.25, 0.3) is 0 Å². The normalized spacial score (nSPS) is 14.6. The molecule has 0 saturated heterocycles. The van der Waals surface area contributed by atoms with Crippen molar-refractivity contribution in [2.45, 2.75) is 53.0 Å².